The molecule has 2 amide bonds. The zero-order chi connectivity index (χ0) is 55.9. The van der Waals surface area contributed by atoms with Gasteiger partial charge in [-0.05, 0) is 77.6 Å². The molecule has 0 spiro atoms. The molecule has 413 valence electrons. The molecule has 0 aromatic carbocycles. The van der Waals surface area contributed by atoms with Gasteiger partial charge in [0.15, 0.2) is 22.3 Å². The summed E-state index contributed by atoms with van der Waals surface area (Å²) in [6.45, 7) is 7.97. The topological polar surface area (TPSA) is 323 Å². The van der Waals surface area contributed by atoms with E-state index in [1.54, 1.807) is 61.2 Å². The predicted octanol–water partition coefficient (Wildman–Crippen LogP) is -1.93. The van der Waals surface area contributed by atoms with E-state index in [4.69, 9.17) is 5.11 Å². The maximum atomic E-state index is 13.0. The van der Waals surface area contributed by atoms with Gasteiger partial charge in [0.1, 0.15) is 30.5 Å². The molecule has 1 unspecified atom stereocenters. The number of carbonyl (C=O) groups is 3. The molecule has 3 atom stereocenters. The molecule has 80 heavy (non-hydrogen) atoms. The van der Waals surface area contributed by atoms with Crippen LogP contribution in [0.4, 0.5) is 23.5 Å². The molecule has 29 heteroatoms. The summed E-state index contributed by atoms with van der Waals surface area (Å²) < 4.78 is 6.89. The molecule has 8 aromatic rings. The molecule has 2 aliphatic rings. The molecule has 0 saturated carbocycles. The van der Waals surface area contributed by atoms with Crippen molar-refractivity contribution >= 4 is 71.9 Å². The van der Waals surface area contributed by atoms with Gasteiger partial charge < -0.3 is 41.2 Å². The number of rotatable bonds is 14. The fraction of sp³-hybridized carbons (Fsp3) is 0.392. The summed E-state index contributed by atoms with van der Waals surface area (Å²) in [5.74, 6) is 0.804. The molecular formula is C51H61BN18NaO9. The molecule has 10 rings (SSSR count). The largest absolute Gasteiger partial charge is 1.00 e. The standard InChI is InChI=1S/C25H29N9O4.C25H27N9O4.CH4O.B.Na.H/c2*1-15-6-5-9-33(15)24-26-10-17(11-27-24)18-7-4-8-19(29-18)30-20(36)13-32-14-28-22-21(32)23(37)34(12-16(2)35)25(38)31(22)3;1-2;;;/h4,7-8,10-11,14-16,35H,5-6,9,12-13H2,1-3H3,(H,29,30,36);4,7-8,10-11,14-15H,5-6,9,12-13H2,1-3H3,(H,29,30,36);2H,1H3;;;/q;;;;+1;-1/t15-,16?;15-;;;;/m11..../s1. The maximum Gasteiger partial charge on any atom is 1.00 e. The van der Waals surface area contributed by atoms with E-state index in [1.165, 1.54) is 58.9 Å². The van der Waals surface area contributed by atoms with Crippen LogP contribution in [0.1, 0.15) is 54.8 Å². The van der Waals surface area contributed by atoms with E-state index < -0.39 is 40.4 Å². The first-order chi connectivity index (χ1) is 37.4. The van der Waals surface area contributed by atoms with Gasteiger partial charge in [-0.3, -0.25) is 42.2 Å². The van der Waals surface area contributed by atoms with Crippen LogP contribution in [0.25, 0.3) is 44.8 Å². The van der Waals surface area contributed by atoms with Crippen LogP contribution in [-0.4, -0.2) is 142 Å². The number of imidazole rings is 2. The summed E-state index contributed by atoms with van der Waals surface area (Å²) >= 11 is 0. The average molecular weight is 1100 g/mol. The molecule has 2 saturated heterocycles. The second-order valence-electron chi connectivity index (χ2n) is 19.0. The van der Waals surface area contributed by atoms with Crippen molar-refractivity contribution in [3.05, 3.63) is 116 Å². The van der Waals surface area contributed by atoms with Crippen molar-refractivity contribution in [2.75, 3.05) is 40.6 Å². The van der Waals surface area contributed by atoms with E-state index in [0.29, 0.717) is 52.6 Å². The van der Waals surface area contributed by atoms with Crippen LogP contribution in [0, 0.1) is 0 Å². The zero-order valence-corrected chi connectivity index (χ0v) is 47.7. The van der Waals surface area contributed by atoms with Crippen LogP contribution < -0.4 is 72.5 Å². The molecule has 8 aromatic heterocycles. The van der Waals surface area contributed by atoms with Gasteiger partial charge >= 0.3 is 40.9 Å². The van der Waals surface area contributed by atoms with Crippen LogP contribution in [0.2, 0.25) is 0 Å². The molecule has 2 fully saturated rings. The fourth-order valence-electron chi connectivity index (χ4n) is 9.34. The summed E-state index contributed by atoms with van der Waals surface area (Å²) in [5.41, 5.74) is 0.501. The molecule has 27 nitrogen and oxygen atoms in total. The Hall–Kier alpha value is -8.05. The Kier molecular flexibility index (Phi) is 20.4. The van der Waals surface area contributed by atoms with Gasteiger partial charge in [0, 0.05) is 90.7 Å². The van der Waals surface area contributed by atoms with Crippen molar-refractivity contribution in [1.29, 1.82) is 0 Å². The van der Waals surface area contributed by atoms with Gasteiger partial charge in [-0.25, -0.2) is 49.5 Å². The molecule has 3 radical (unpaired) electrons. The minimum Gasteiger partial charge on any atom is -1.00 e. The molecule has 0 bridgehead atoms. The molecule has 4 N–H and O–H groups in total. The maximum absolute atomic E-state index is 13.0. The number of fused-ring (bicyclic) bond motifs is 2. The van der Waals surface area contributed by atoms with Gasteiger partial charge in [0.05, 0.1) is 43.2 Å². The second-order valence-corrected chi connectivity index (χ2v) is 19.0. The number of aliphatic hydroxyl groups excluding tert-OH is 2. The van der Waals surface area contributed by atoms with Crippen molar-refractivity contribution < 1.29 is 55.6 Å². The van der Waals surface area contributed by atoms with E-state index in [-0.39, 0.29) is 93.7 Å². The van der Waals surface area contributed by atoms with Crippen LogP contribution in [0.15, 0.2) is 93.0 Å². The first kappa shape index (κ1) is 61.2. The minimum atomic E-state index is -0.902. The van der Waals surface area contributed by atoms with Gasteiger partial charge in [-0.15, -0.1) is 0 Å². The summed E-state index contributed by atoms with van der Waals surface area (Å²) in [7, 11) is 3.94. The number of pyridine rings is 2. The Morgan fingerprint density at radius 2 is 1.05 bits per heavy atom. The molecular weight excluding hydrogens is 1040 g/mol. The third-order valence-electron chi connectivity index (χ3n) is 13.2. The Balaban J connectivity index is 0.000000279. The quantitative estimate of drug-likeness (QED) is 0.0862. The summed E-state index contributed by atoms with van der Waals surface area (Å²) in [6.07, 6.45) is 13.1. The van der Waals surface area contributed by atoms with Gasteiger partial charge in [-0.2, -0.15) is 0 Å². The van der Waals surface area contributed by atoms with E-state index in [1.807, 2.05) is 0 Å². The molecule has 0 aliphatic carbocycles. The van der Waals surface area contributed by atoms with Crippen LogP contribution in [0.3, 0.4) is 0 Å². The predicted molar refractivity (Wildman–Crippen MR) is 296 cm³/mol. The van der Waals surface area contributed by atoms with E-state index in [2.05, 4.69) is 74.2 Å². The van der Waals surface area contributed by atoms with E-state index >= 15 is 0 Å². The number of hydrogen-bond acceptors (Lipinski definition) is 19. The van der Waals surface area contributed by atoms with Crippen molar-refractivity contribution in [2.24, 2.45) is 14.1 Å². The SMILES string of the molecule is CC(=O)Cn1c(=O)c2c(ncn2CC(=O)Nc2cccc(-c3cnc(N4CCC[C@H]4C)nc3)n2)n(C)c1=O.CC(O)Cn1c(=O)c2c(ncn2CC(=O)Nc2cccc(-c3cnc(N4CCC[C@H]4C)nc3)n2)n(C)c1=O.CO.[B].[H-].[Na+]. The Bertz CT molecular complexity index is 3770. The van der Waals surface area contributed by atoms with Gasteiger partial charge in [0.2, 0.25) is 23.7 Å². The monoisotopic (exact) mass is 1100 g/mol. The first-order valence-corrected chi connectivity index (χ1v) is 25.1. The van der Waals surface area contributed by atoms with Gasteiger partial charge in [-0.1, -0.05) is 12.1 Å². The fourth-order valence-corrected chi connectivity index (χ4v) is 9.34. The molecule has 2 aliphatic heterocycles. The average Bonchev–Trinajstić information content (AvgIpc) is 4.32. The summed E-state index contributed by atoms with van der Waals surface area (Å²) in [6, 6.07) is 11.3. The Labute approximate surface area is 482 Å². The van der Waals surface area contributed by atoms with E-state index in [9.17, 15) is 38.7 Å². The van der Waals surface area contributed by atoms with Crippen molar-refractivity contribution in [3.8, 4) is 22.5 Å². The second kappa shape index (κ2) is 26.7. The number of nitrogens with zero attached hydrogens (tertiary/aromatic N) is 16. The van der Waals surface area contributed by atoms with E-state index in [0.717, 1.165) is 60.6 Å². The van der Waals surface area contributed by atoms with Gasteiger partial charge in [0.25, 0.3) is 11.1 Å². The third kappa shape index (κ3) is 13.3. The number of Topliss-reactive ketones (excluding diaryl/α,β-unsaturated/α-hetero) is 1. The summed E-state index contributed by atoms with van der Waals surface area (Å²) in [4.78, 5) is 128. The number of amides is 2. The van der Waals surface area contributed by atoms with Crippen molar-refractivity contribution in [3.63, 3.8) is 0 Å². The van der Waals surface area contributed by atoms with Crippen molar-refractivity contribution in [1.82, 2.24) is 67.3 Å². The number of hydrogen-bond donors (Lipinski definition) is 4. The Morgan fingerprint density at radius 3 is 1.43 bits per heavy atom. The normalized spacial score (nSPS) is 15.0. The van der Waals surface area contributed by atoms with Crippen molar-refractivity contribution in [2.45, 2.75) is 97.7 Å². The zero-order valence-electron chi connectivity index (χ0n) is 46.7. The number of ketones is 1. The molecule has 10 heterocycles. The van der Waals surface area contributed by atoms with Crippen LogP contribution in [-0.2, 0) is 54.7 Å². The first-order valence-electron chi connectivity index (χ1n) is 25.1. The third-order valence-corrected chi connectivity index (χ3v) is 13.2. The smallest absolute Gasteiger partial charge is 1.00 e. The van der Waals surface area contributed by atoms with Crippen LogP contribution >= 0.6 is 0 Å². The number of aryl methyl sites for hydroxylation is 2. The number of aliphatic hydroxyl groups is 2. The number of anilines is 4. The number of aromatic nitrogens is 14. The van der Waals surface area contributed by atoms with Crippen LogP contribution in [0.5, 0.6) is 0 Å². The number of nitrogens with one attached hydrogen (secondary N) is 2. The summed E-state index contributed by atoms with van der Waals surface area (Å²) in [5, 5.41) is 22.2. The Morgan fingerprint density at radius 1 is 0.650 bits per heavy atom. The number of carbonyl (C=O) groups excluding carboxylic acids is 3. The minimum absolute atomic E-state index is 0.